The number of carbonyl (C=O) groups is 2. The highest BCUT2D eigenvalue weighted by Gasteiger charge is 2.30. The van der Waals surface area contributed by atoms with Crippen LogP contribution in [0.5, 0.6) is 0 Å². The molecule has 0 bridgehead atoms. The van der Waals surface area contributed by atoms with Crippen LogP contribution in [-0.4, -0.2) is 40.6 Å². The van der Waals surface area contributed by atoms with Crippen molar-refractivity contribution in [2.45, 2.75) is 44.2 Å². The van der Waals surface area contributed by atoms with Crippen molar-refractivity contribution in [2.75, 3.05) is 23.3 Å². The molecule has 2 aromatic rings. The molecule has 3 N–H and O–H groups in total. The van der Waals surface area contributed by atoms with Crippen LogP contribution < -0.4 is 15.5 Å². The number of anilines is 2. The monoisotopic (exact) mass is 428 g/mol. The summed E-state index contributed by atoms with van der Waals surface area (Å²) in [5.74, 6) is 0.146. The molecule has 1 fully saturated rings. The van der Waals surface area contributed by atoms with Crippen LogP contribution in [0.4, 0.5) is 11.5 Å². The van der Waals surface area contributed by atoms with Crippen molar-refractivity contribution in [3.63, 3.8) is 0 Å². The minimum atomic E-state index is -0.840. The molecule has 4 rings (SSSR count). The average molecular weight is 429 g/mol. The molecule has 0 radical (unpaired) electrons. The molecule has 1 saturated carbocycles. The lowest BCUT2D eigenvalue weighted by molar-refractivity contribution is -0.117. The Morgan fingerprint density at radius 1 is 1.23 bits per heavy atom. The van der Waals surface area contributed by atoms with Crippen molar-refractivity contribution in [1.82, 2.24) is 10.3 Å². The molecule has 1 aromatic carbocycles. The van der Waals surface area contributed by atoms with Crippen LogP contribution in [0.2, 0.25) is 5.02 Å². The molecule has 30 heavy (non-hydrogen) atoms. The van der Waals surface area contributed by atoms with E-state index in [4.69, 9.17) is 11.6 Å². The van der Waals surface area contributed by atoms with E-state index in [0.29, 0.717) is 41.5 Å². The lowest BCUT2D eigenvalue weighted by Gasteiger charge is -2.32. The number of aromatic nitrogens is 1. The van der Waals surface area contributed by atoms with Gasteiger partial charge in [-0.05, 0) is 36.6 Å². The third-order valence-electron chi connectivity index (χ3n) is 5.74. The molecule has 0 atom stereocenters. The fourth-order valence-electron chi connectivity index (χ4n) is 3.99. The summed E-state index contributed by atoms with van der Waals surface area (Å²) in [6.45, 7) is 0.720. The van der Waals surface area contributed by atoms with Gasteiger partial charge in [0.2, 0.25) is 5.91 Å². The first kappa shape index (κ1) is 20.6. The second kappa shape index (κ2) is 8.62. The van der Waals surface area contributed by atoms with Crippen LogP contribution in [-0.2, 0) is 11.3 Å². The van der Waals surface area contributed by atoms with E-state index >= 15 is 0 Å². The summed E-state index contributed by atoms with van der Waals surface area (Å²) in [6.07, 6.45) is 5.95. The van der Waals surface area contributed by atoms with Gasteiger partial charge in [0, 0.05) is 17.8 Å². The maximum Gasteiger partial charge on any atom is 0.253 e. The van der Waals surface area contributed by atoms with E-state index in [1.165, 1.54) is 6.20 Å². The van der Waals surface area contributed by atoms with Gasteiger partial charge in [-0.1, -0.05) is 43.0 Å². The molecule has 8 heteroatoms. The van der Waals surface area contributed by atoms with E-state index in [1.54, 1.807) is 23.1 Å². The number of hydrogen-bond acceptors (Lipinski definition) is 5. The minimum absolute atomic E-state index is 0.103. The van der Waals surface area contributed by atoms with Gasteiger partial charge in [-0.25, -0.2) is 4.98 Å². The number of benzene rings is 1. The van der Waals surface area contributed by atoms with Gasteiger partial charge in [0.25, 0.3) is 5.91 Å². The molecule has 1 aliphatic heterocycles. The van der Waals surface area contributed by atoms with E-state index in [9.17, 15) is 14.7 Å². The first-order chi connectivity index (χ1) is 14.4. The molecule has 2 amide bonds. The summed E-state index contributed by atoms with van der Waals surface area (Å²) in [6, 6.07) is 8.96. The zero-order chi connectivity index (χ0) is 21.1. The number of aliphatic hydroxyl groups is 1. The largest absolute Gasteiger partial charge is 0.388 e. The topological polar surface area (TPSA) is 94.6 Å². The van der Waals surface area contributed by atoms with Crippen molar-refractivity contribution in [3.8, 4) is 0 Å². The van der Waals surface area contributed by atoms with Gasteiger partial charge in [-0.2, -0.15) is 0 Å². The van der Waals surface area contributed by atoms with Gasteiger partial charge in [-0.3, -0.25) is 9.59 Å². The highest BCUT2D eigenvalue weighted by Crippen LogP contribution is 2.30. The van der Waals surface area contributed by atoms with Gasteiger partial charge in [0.1, 0.15) is 0 Å². The number of hydrogen-bond donors (Lipinski definition) is 3. The molecule has 0 unspecified atom stereocenters. The van der Waals surface area contributed by atoms with Crippen LogP contribution in [0.15, 0.2) is 36.5 Å². The zero-order valence-corrected chi connectivity index (χ0v) is 17.4. The van der Waals surface area contributed by atoms with Crippen LogP contribution in [0.1, 0.15) is 48.0 Å². The van der Waals surface area contributed by atoms with Crippen molar-refractivity contribution >= 4 is 34.9 Å². The Kier molecular flexibility index (Phi) is 5.92. The normalized spacial score (nSPS) is 17.8. The predicted molar refractivity (Wildman–Crippen MR) is 116 cm³/mol. The van der Waals surface area contributed by atoms with Crippen molar-refractivity contribution in [3.05, 3.63) is 52.7 Å². The van der Waals surface area contributed by atoms with Gasteiger partial charge < -0.3 is 20.6 Å². The first-order valence-corrected chi connectivity index (χ1v) is 10.6. The summed E-state index contributed by atoms with van der Waals surface area (Å²) >= 11 is 5.95. The molecule has 158 valence electrons. The Bertz CT molecular complexity index is 942. The minimum Gasteiger partial charge on any atom is -0.388 e. The maximum absolute atomic E-state index is 12.7. The fourth-order valence-corrected chi connectivity index (χ4v) is 4.11. The Labute approximate surface area is 180 Å². The molecular weight excluding hydrogens is 404 g/mol. The van der Waals surface area contributed by atoms with Crippen molar-refractivity contribution < 1.29 is 14.7 Å². The summed E-state index contributed by atoms with van der Waals surface area (Å²) in [7, 11) is 0. The zero-order valence-electron chi connectivity index (χ0n) is 16.7. The highest BCUT2D eigenvalue weighted by atomic mass is 35.5. The average Bonchev–Trinajstić information content (AvgIpc) is 2.76. The Morgan fingerprint density at radius 3 is 2.70 bits per heavy atom. The summed E-state index contributed by atoms with van der Waals surface area (Å²) in [4.78, 5) is 31.2. The van der Waals surface area contributed by atoms with E-state index in [-0.39, 0.29) is 24.9 Å². The smallest absolute Gasteiger partial charge is 0.253 e. The fraction of sp³-hybridized carbons (Fsp3) is 0.409. The Balaban J connectivity index is 1.51. The molecule has 7 nitrogen and oxygen atoms in total. The Morgan fingerprint density at radius 2 is 1.97 bits per heavy atom. The van der Waals surface area contributed by atoms with Crippen LogP contribution in [0.25, 0.3) is 0 Å². The highest BCUT2D eigenvalue weighted by molar-refractivity contribution is 6.30. The standard InChI is InChI=1S/C22H25ClN4O3/c23-17-6-4-15(5-7-17)13-27-18-10-16(11-24-20(18)25-12-19(27)28)21(29)26-14-22(30)8-2-1-3-9-22/h4-7,10-11,30H,1-3,8-9,12-14H2,(H,24,25)(H,26,29). The van der Waals surface area contributed by atoms with Crippen molar-refractivity contribution in [1.29, 1.82) is 0 Å². The molecule has 2 aliphatic rings. The number of fused-ring (bicyclic) bond motifs is 1. The number of nitrogens with zero attached hydrogens (tertiary/aromatic N) is 2. The number of nitrogens with one attached hydrogen (secondary N) is 2. The molecule has 1 aromatic heterocycles. The van der Waals surface area contributed by atoms with Gasteiger partial charge in [0.15, 0.2) is 5.82 Å². The third-order valence-corrected chi connectivity index (χ3v) is 6.00. The molecular formula is C22H25ClN4O3. The van der Waals surface area contributed by atoms with Crippen molar-refractivity contribution in [2.24, 2.45) is 0 Å². The number of pyridine rings is 1. The van der Waals surface area contributed by atoms with Crippen LogP contribution in [0, 0.1) is 0 Å². The number of carbonyl (C=O) groups excluding carboxylic acids is 2. The second-order valence-electron chi connectivity index (χ2n) is 8.02. The summed E-state index contributed by atoms with van der Waals surface area (Å²) in [5, 5.41) is 17.1. The molecule has 0 saturated heterocycles. The second-order valence-corrected chi connectivity index (χ2v) is 8.46. The first-order valence-electron chi connectivity index (χ1n) is 10.2. The van der Waals surface area contributed by atoms with E-state index < -0.39 is 5.60 Å². The molecule has 0 spiro atoms. The maximum atomic E-state index is 12.7. The Hall–Kier alpha value is -2.64. The van der Waals surface area contributed by atoms with E-state index in [2.05, 4.69) is 15.6 Å². The van der Waals surface area contributed by atoms with Gasteiger partial charge in [0.05, 0.1) is 29.9 Å². The number of rotatable bonds is 5. The van der Waals surface area contributed by atoms with Crippen LogP contribution >= 0.6 is 11.6 Å². The lowest BCUT2D eigenvalue weighted by atomic mass is 9.85. The predicted octanol–water partition coefficient (Wildman–Crippen LogP) is 3.12. The van der Waals surface area contributed by atoms with Gasteiger partial charge >= 0.3 is 0 Å². The van der Waals surface area contributed by atoms with E-state index in [0.717, 1.165) is 24.8 Å². The van der Waals surface area contributed by atoms with E-state index in [1.807, 2.05) is 12.1 Å². The van der Waals surface area contributed by atoms with Crippen LogP contribution in [0.3, 0.4) is 0 Å². The van der Waals surface area contributed by atoms with Gasteiger partial charge in [-0.15, -0.1) is 0 Å². The SMILES string of the molecule is O=C(NCC1(O)CCCCC1)c1cnc2c(c1)N(Cc1ccc(Cl)cc1)C(=O)CN2. The molecule has 1 aliphatic carbocycles. The lowest BCUT2D eigenvalue weighted by Crippen LogP contribution is -2.44. The number of amides is 2. The number of halogens is 1. The third kappa shape index (κ3) is 4.57. The summed E-state index contributed by atoms with van der Waals surface area (Å²) < 4.78 is 0. The summed E-state index contributed by atoms with van der Waals surface area (Å²) in [5.41, 5.74) is 0.999. The molecule has 2 heterocycles. The quantitative estimate of drug-likeness (QED) is 0.680.